The van der Waals surface area contributed by atoms with E-state index in [-0.39, 0.29) is 5.69 Å². The van der Waals surface area contributed by atoms with Crippen LogP contribution in [0.1, 0.15) is 11.1 Å². The summed E-state index contributed by atoms with van der Waals surface area (Å²) in [6.45, 7) is 2.29. The molecule has 3 aromatic rings. The first kappa shape index (κ1) is 18.3. The van der Waals surface area contributed by atoms with Crippen molar-refractivity contribution < 1.29 is 9.72 Å². The van der Waals surface area contributed by atoms with E-state index in [4.69, 9.17) is 6.42 Å². The summed E-state index contributed by atoms with van der Waals surface area (Å²) in [5.74, 6) is 2.13. The van der Waals surface area contributed by atoms with Crippen molar-refractivity contribution >= 4 is 39.2 Å². The highest BCUT2D eigenvalue weighted by atomic mass is 32.1. The Morgan fingerprint density at radius 3 is 2.89 bits per heavy atom. The molecule has 6 nitrogen and oxygen atoms in total. The van der Waals surface area contributed by atoms with E-state index in [9.17, 15) is 14.9 Å². The second-order valence-corrected chi connectivity index (χ2v) is 6.74. The van der Waals surface area contributed by atoms with E-state index in [1.54, 1.807) is 12.1 Å². The number of para-hydroxylation sites is 1. The van der Waals surface area contributed by atoms with Crippen molar-refractivity contribution in [3.63, 3.8) is 0 Å². The van der Waals surface area contributed by atoms with Gasteiger partial charge in [0, 0.05) is 18.2 Å². The number of rotatable bonds is 4. The highest BCUT2D eigenvalue weighted by Crippen LogP contribution is 2.20. The van der Waals surface area contributed by atoms with Gasteiger partial charge >= 0.3 is 0 Å². The van der Waals surface area contributed by atoms with Gasteiger partial charge in [-0.1, -0.05) is 41.5 Å². The molecule has 27 heavy (non-hydrogen) atoms. The van der Waals surface area contributed by atoms with Crippen LogP contribution in [0.3, 0.4) is 0 Å². The Kier molecular flexibility index (Phi) is 5.29. The lowest BCUT2D eigenvalue weighted by Gasteiger charge is -2.02. The Morgan fingerprint density at radius 1 is 1.37 bits per heavy atom. The summed E-state index contributed by atoms with van der Waals surface area (Å²) in [4.78, 5) is 27.3. The maximum absolute atomic E-state index is 12.3. The fourth-order valence-electron chi connectivity index (χ4n) is 2.67. The number of carbonyl (C=O) groups excluding carboxylic acids is 1. The number of hydrogen-bond acceptors (Lipinski definition) is 4. The van der Waals surface area contributed by atoms with E-state index in [0.29, 0.717) is 16.9 Å². The summed E-state index contributed by atoms with van der Waals surface area (Å²) in [5.41, 5.74) is 2.54. The predicted octanol–water partition coefficient (Wildman–Crippen LogP) is 3.69. The van der Waals surface area contributed by atoms with Crippen LogP contribution in [0.15, 0.2) is 53.5 Å². The molecule has 0 saturated carbocycles. The molecule has 2 aromatic carbocycles. The summed E-state index contributed by atoms with van der Waals surface area (Å²) < 4.78 is 2.84. The molecular weight excluding hydrogens is 362 g/mol. The van der Waals surface area contributed by atoms with Gasteiger partial charge in [-0.15, -0.1) is 6.42 Å². The largest absolute Gasteiger partial charge is 0.304 e. The van der Waals surface area contributed by atoms with Crippen molar-refractivity contribution in [3.05, 3.63) is 74.6 Å². The maximum atomic E-state index is 12.3. The number of non-ortho nitro benzene ring substituents is 1. The Bertz CT molecular complexity index is 1180. The second kappa shape index (κ2) is 7.81. The molecule has 0 atom stereocenters. The van der Waals surface area contributed by atoms with Gasteiger partial charge in [-0.3, -0.25) is 14.9 Å². The maximum Gasteiger partial charge on any atom is 0.272 e. The predicted molar refractivity (Wildman–Crippen MR) is 106 cm³/mol. The lowest BCUT2D eigenvalue weighted by atomic mass is 10.2. The van der Waals surface area contributed by atoms with Crippen LogP contribution in [-0.4, -0.2) is 15.4 Å². The molecular formula is C20H15N3O3S. The number of thiazole rings is 1. The first-order chi connectivity index (χ1) is 13.0. The average Bonchev–Trinajstić information content (AvgIpc) is 2.99. The van der Waals surface area contributed by atoms with Crippen LogP contribution in [0.5, 0.6) is 0 Å². The number of aryl methyl sites for hydroxylation is 1. The summed E-state index contributed by atoms with van der Waals surface area (Å²) in [5, 5.41) is 10.8. The van der Waals surface area contributed by atoms with Crippen LogP contribution < -0.4 is 4.80 Å². The summed E-state index contributed by atoms with van der Waals surface area (Å²) in [7, 11) is 0. The number of nitro benzene ring substituents is 1. The Labute approximate surface area is 159 Å². The van der Waals surface area contributed by atoms with Gasteiger partial charge in [-0.25, -0.2) is 0 Å². The van der Waals surface area contributed by atoms with E-state index in [1.165, 1.54) is 35.6 Å². The van der Waals surface area contributed by atoms with Gasteiger partial charge in [-0.05, 0) is 30.2 Å². The van der Waals surface area contributed by atoms with Crippen molar-refractivity contribution in [1.29, 1.82) is 0 Å². The molecule has 7 heteroatoms. The van der Waals surface area contributed by atoms with Gasteiger partial charge in [0.1, 0.15) is 0 Å². The van der Waals surface area contributed by atoms with Crippen LogP contribution >= 0.6 is 11.3 Å². The number of hydrogen-bond donors (Lipinski definition) is 0. The quantitative estimate of drug-likeness (QED) is 0.301. The number of benzene rings is 2. The van der Waals surface area contributed by atoms with Crippen molar-refractivity contribution in [3.8, 4) is 12.3 Å². The smallest absolute Gasteiger partial charge is 0.272 e. The summed E-state index contributed by atoms with van der Waals surface area (Å²) in [6, 6.07) is 11.9. The Balaban J connectivity index is 1.97. The first-order valence-corrected chi connectivity index (χ1v) is 8.85. The minimum Gasteiger partial charge on any atom is -0.304 e. The first-order valence-electron chi connectivity index (χ1n) is 8.03. The normalized spacial score (nSPS) is 11.8. The number of carbonyl (C=O) groups is 1. The SMILES string of the molecule is C#CCn1c(=NC(=O)C=Cc2cccc([N+](=O)[O-])c2)sc2cccc(C)c21. The number of amides is 1. The standard InChI is InChI=1S/C20H15N3O3S/c1-3-12-22-19-14(2)6-4-9-17(19)27-20(22)21-18(24)11-10-15-7-5-8-16(13-15)23(25)26/h1,4-11,13H,12H2,2H3. The van der Waals surface area contributed by atoms with Crippen LogP contribution in [0.2, 0.25) is 0 Å². The Hall–Kier alpha value is -3.50. The topological polar surface area (TPSA) is 77.5 Å². The minimum absolute atomic E-state index is 0.0339. The molecule has 0 bridgehead atoms. The molecule has 0 fully saturated rings. The molecule has 1 amide bonds. The van der Waals surface area contributed by atoms with Crippen LogP contribution in [0.25, 0.3) is 16.3 Å². The number of nitro groups is 1. The van der Waals surface area contributed by atoms with Crippen molar-refractivity contribution in [2.45, 2.75) is 13.5 Å². The van der Waals surface area contributed by atoms with Crippen molar-refractivity contribution in [2.75, 3.05) is 0 Å². The highest BCUT2D eigenvalue weighted by molar-refractivity contribution is 7.16. The lowest BCUT2D eigenvalue weighted by Crippen LogP contribution is -2.16. The summed E-state index contributed by atoms with van der Waals surface area (Å²) in [6.07, 6.45) is 8.26. The number of aromatic nitrogens is 1. The molecule has 0 aliphatic carbocycles. The summed E-state index contributed by atoms with van der Waals surface area (Å²) >= 11 is 1.39. The Morgan fingerprint density at radius 2 is 2.15 bits per heavy atom. The molecule has 0 N–H and O–H groups in total. The lowest BCUT2D eigenvalue weighted by molar-refractivity contribution is -0.384. The van der Waals surface area contributed by atoms with E-state index >= 15 is 0 Å². The second-order valence-electron chi connectivity index (χ2n) is 5.73. The minimum atomic E-state index is -0.480. The van der Waals surface area contributed by atoms with E-state index < -0.39 is 10.8 Å². The van der Waals surface area contributed by atoms with Gasteiger partial charge in [0.05, 0.1) is 21.7 Å². The molecule has 0 aliphatic heterocycles. The zero-order valence-corrected chi connectivity index (χ0v) is 15.3. The number of fused-ring (bicyclic) bond motifs is 1. The molecule has 0 spiro atoms. The van der Waals surface area contributed by atoms with Crippen molar-refractivity contribution in [1.82, 2.24) is 4.57 Å². The van der Waals surface area contributed by atoms with Crippen LogP contribution in [0, 0.1) is 29.4 Å². The molecule has 134 valence electrons. The number of terminal acetylenes is 1. The van der Waals surface area contributed by atoms with Crippen LogP contribution in [0.4, 0.5) is 5.69 Å². The van der Waals surface area contributed by atoms with Crippen molar-refractivity contribution in [2.24, 2.45) is 4.99 Å². The highest BCUT2D eigenvalue weighted by Gasteiger charge is 2.08. The van der Waals surface area contributed by atoms with E-state index in [2.05, 4.69) is 10.9 Å². The zero-order chi connectivity index (χ0) is 19.4. The van der Waals surface area contributed by atoms with Gasteiger partial charge in [-0.2, -0.15) is 4.99 Å². The molecule has 0 radical (unpaired) electrons. The monoisotopic (exact) mass is 377 g/mol. The van der Waals surface area contributed by atoms with E-state index in [0.717, 1.165) is 15.8 Å². The molecule has 0 aliphatic rings. The molecule has 1 heterocycles. The third-order valence-electron chi connectivity index (χ3n) is 3.86. The van der Waals surface area contributed by atoms with E-state index in [1.807, 2.05) is 29.7 Å². The molecule has 3 rings (SSSR count). The van der Waals surface area contributed by atoms with Gasteiger partial charge in [0.2, 0.25) is 0 Å². The molecule has 0 unspecified atom stereocenters. The number of nitrogens with zero attached hydrogens (tertiary/aromatic N) is 3. The fourth-order valence-corrected chi connectivity index (χ4v) is 3.78. The third kappa shape index (κ3) is 4.02. The molecule has 1 aromatic heterocycles. The third-order valence-corrected chi connectivity index (χ3v) is 4.90. The zero-order valence-electron chi connectivity index (χ0n) is 14.5. The molecule has 0 saturated heterocycles. The average molecular weight is 377 g/mol. The van der Waals surface area contributed by atoms with Gasteiger partial charge < -0.3 is 4.57 Å². The van der Waals surface area contributed by atoms with Gasteiger partial charge in [0.25, 0.3) is 11.6 Å². The van der Waals surface area contributed by atoms with Crippen LogP contribution in [-0.2, 0) is 11.3 Å². The fraction of sp³-hybridized carbons (Fsp3) is 0.100. The van der Waals surface area contributed by atoms with Gasteiger partial charge in [0.15, 0.2) is 4.80 Å².